The molecule has 3 rings (SSSR count). The van der Waals surface area contributed by atoms with Crippen LogP contribution in [-0.2, 0) is 16.1 Å². The number of hydrogen-bond donors (Lipinski definition) is 2. The Kier molecular flexibility index (Phi) is 7.21. The molecule has 0 radical (unpaired) electrons. The molecule has 156 valence electrons. The number of carbonyl (C=O) groups is 2. The zero-order valence-electron chi connectivity index (χ0n) is 16.8. The van der Waals surface area contributed by atoms with Crippen molar-refractivity contribution in [2.24, 2.45) is 5.73 Å². The Morgan fingerprint density at radius 3 is 2.60 bits per heavy atom. The van der Waals surface area contributed by atoms with Gasteiger partial charge in [-0.3, -0.25) is 14.2 Å². The Balaban J connectivity index is 1.69. The third-order valence-corrected chi connectivity index (χ3v) is 5.26. The summed E-state index contributed by atoms with van der Waals surface area (Å²) in [6, 6.07) is 14.4. The minimum absolute atomic E-state index is 0.163. The van der Waals surface area contributed by atoms with Gasteiger partial charge in [0.25, 0.3) is 0 Å². The number of methoxy groups -OCH3 is 1. The van der Waals surface area contributed by atoms with Crippen molar-refractivity contribution in [3.8, 4) is 11.4 Å². The molecule has 0 spiro atoms. The number of thioether (sulfide) groups is 1. The Morgan fingerprint density at radius 2 is 1.93 bits per heavy atom. The summed E-state index contributed by atoms with van der Waals surface area (Å²) in [5.74, 6) is 0.199. The van der Waals surface area contributed by atoms with Crippen LogP contribution in [0.3, 0.4) is 0 Å². The first kappa shape index (κ1) is 21.5. The lowest BCUT2D eigenvalue weighted by molar-refractivity contribution is -0.113. The summed E-state index contributed by atoms with van der Waals surface area (Å²) in [6.45, 7) is 3.10. The number of nitrogens with two attached hydrogens (primary N) is 1. The second-order valence-electron chi connectivity index (χ2n) is 6.60. The number of ether oxygens (including phenoxy) is 1. The van der Waals surface area contributed by atoms with Crippen LogP contribution in [0.25, 0.3) is 11.4 Å². The summed E-state index contributed by atoms with van der Waals surface area (Å²) < 4.78 is 7.17. The number of hydrogen-bond acceptors (Lipinski definition) is 6. The number of rotatable bonds is 9. The summed E-state index contributed by atoms with van der Waals surface area (Å²) in [5, 5.41) is 12.0. The fraction of sp³-hybridized carbons (Fsp3) is 0.238. The second kappa shape index (κ2) is 10.0. The number of carbonyl (C=O) groups excluding carboxylic acids is 2. The van der Waals surface area contributed by atoms with E-state index in [2.05, 4.69) is 15.5 Å². The van der Waals surface area contributed by atoms with Crippen molar-refractivity contribution in [2.75, 3.05) is 24.8 Å². The highest BCUT2D eigenvalue weighted by Crippen LogP contribution is 2.25. The molecule has 1 heterocycles. The molecule has 0 saturated carbocycles. The summed E-state index contributed by atoms with van der Waals surface area (Å²) in [6.07, 6.45) is 0. The van der Waals surface area contributed by atoms with Gasteiger partial charge < -0.3 is 15.8 Å². The van der Waals surface area contributed by atoms with E-state index in [1.165, 1.54) is 11.8 Å². The number of aromatic nitrogens is 3. The highest BCUT2D eigenvalue weighted by molar-refractivity contribution is 7.99. The molecule has 0 saturated heterocycles. The Morgan fingerprint density at radius 1 is 1.17 bits per heavy atom. The first-order chi connectivity index (χ1) is 14.5. The van der Waals surface area contributed by atoms with Crippen LogP contribution < -0.4 is 11.1 Å². The lowest BCUT2D eigenvalue weighted by Crippen LogP contribution is -2.16. The largest absolute Gasteiger partial charge is 0.383 e. The van der Waals surface area contributed by atoms with E-state index in [0.29, 0.717) is 29.6 Å². The van der Waals surface area contributed by atoms with Crippen molar-refractivity contribution in [3.05, 3.63) is 59.7 Å². The molecule has 9 heteroatoms. The van der Waals surface area contributed by atoms with Crippen molar-refractivity contribution < 1.29 is 14.3 Å². The average Bonchev–Trinajstić information content (AvgIpc) is 3.14. The molecule has 30 heavy (non-hydrogen) atoms. The lowest BCUT2D eigenvalue weighted by atomic mass is 10.1. The van der Waals surface area contributed by atoms with Gasteiger partial charge in [0, 0.05) is 23.9 Å². The van der Waals surface area contributed by atoms with E-state index in [1.807, 2.05) is 35.8 Å². The van der Waals surface area contributed by atoms with Crippen LogP contribution in [0.15, 0.2) is 53.7 Å². The molecule has 1 aromatic heterocycles. The number of amides is 2. The summed E-state index contributed by atoms with van der Waals surface area (Å²) in [7, 11) is 1.64. The molecule has 0 fully saturated rings. The molecule has 0 aliphatic heterocycles. The topological polar surface area (TPSA) is 112 Å². The monoisotopic (exact) mass is 425 g/mol. The SMILES string of the molecule is COCCn1c(SCC(=O)Nc2ccc(C(N)=O)cc2)nnc1-c1cccc(C)c1. The minimum atomic E-state index is -0.511. The lowest BCUT2D eigenvalue weighted by Gasteiger charge is -2.10. The smallest absolute Gasteiger partial charge is 0.248 e. The molecule has 0 bridgehead atoms. The van der Waals surface area contributed by atoms with Crippen LogP contribution in [0, 0.1) is 6.92 Å². The molecule has 0 aliphatic carbocycles. The van der Waals surface area contributed by atoms with Crippen LogP contribution in [0.1, 0.15) is 15.9 Å². The van der Waals surface area contributed by atoms with Crippen molar-refractivity contribution in [1.82, 2.24) is 14.8 Å². The van der Waals surface area contributed by atoms with Crippen molar-refractivity contribution >= 4 is 29.3 Å². The fourth-order valence-electron chi connectivity index (χ4n) is 2.82. The van der Waals surface area contributed by atoms with Gasteiger partial charge in [-0.2, -0.15) is 0 Å². The van der Waals surface area contributed by atoms with Crippen molar-refractivity contribution in [1.29, 1.82) is 0 Å². The number of benzene rings is 2. The Hall–Kier alpha value is -3.17. The summed E-state index contributed by atoms with van der Waals surface area (Å²) in [4.78, 5) is 23.5. The van der Waals surface area contributed by atoms with E-state index >= 15 is 0 Å². The molecule has 2 amide bonds. The van der Waals surface area contributed by atoms with Gasteiger partial charge in [-0.05, 0) is 37.3 Å². The maximum Gasteiger partial charge on any atom is 0.248 e. The van der Waals surface area contributed by atoms with Gasteiger partial charge in [0.15, 0.2) is 11.0 Å². The molecule has 0 atom stereocenters. The summed E-state index contributed by atoms with van der Waals surface area (Å²) >= 11 is 1.30. The fourth-order valence-corrected chi connectivity index (χ4v) is 3.59. The van der Waals surface area contributed by atoms with Gasteiger partial charge in [0.2, 0.25) is 11.8 Å². The predicted molar refractivity (Wildman–Crippen MR) is 116 cm³/mol. The molecule has 3 N–H and O–H groups in total. The zero-order valence-corrected chi connectivity index (χ0v) is 17.6. The third kappa shape index (κ3) is 5.46. The average molecular weight is 426 g/mol. The molecular weight excluding hydrogens is 402 g/mol. The first-order valence-corrected chi connectivity index (χ1v) is 10.3. The quantitative estimate of drug-likeness (QED) is 0.510. The number of primary amides is 1. The van der Waals surface area contributed by atoms with Gasteiger partial charge >= 0.3 is 0 Å². The molecule has 0 unspecified atom stereocenters. The zero-order chi connectivity index (χ0) is 21.5. The maximum atomic E-state index is 12.3. The highest BCUT2D eigenvalue weighted by atomic mass is 32.2. The van der Waals surface area contributed by atoms with Crippen LogP contribution in [0.4, 0.5) is 5.69 Å². The standard InChI is InChI=1S/C21H23N5O3S/c1-14-4-3-5-16(12-14)20-24-25-21(26(20)10-11-29-2)30-13-18(27)23-17-8-6-15(7-9-17)19(22)28/h3-9,12H,10-11,13H2,1-2H3,(H2,22,28)(H,23,27). The van der Waals surface area contributed by atoms with Gasteiger partial charge in [-0.15, -0.1) is 10.2 Å². The number of anilines is 1. The van der Waals surface area contributed by atoms with Crippen LogP contribution in [-0.4, -0.2) is 46.0 Å². The second-order valence-corrected chi connectivity index (χ2v) is 7.54. The number of nitrogens with one attached hydrogen (secondary N) is 1. The van der Waals surface area contributed by atoms with E-state index in [-0.39, 0.29) is 11.7 Å². The Labute approximate surface area is 178 Å². The molecular formula is C21H23N5O3S. The minimum Gasteiger partial charge on any atom is -0.383 e. The van der Waals surface area contributed by atoms with E-state index < -0.39 is 5.91 Å². The predicted octanol–water partition coefficient (Wildman–Crippen LogP) is 2.73. The van der Waals surface area contributed by atoms with Gasteiger partial charge in [-0.1, -0.05) is 35.5 Å². The van der Waals surface area contributed by atoms with Crippen molar-refractivity contribution in [2.45, 2.75) is 18.6 Å². The van der Waals surface area contributed by atoms with Crippen LogP contribution in [0.2, 0.25) is 0 Å². The number of aryl methyl sites for hydroxylation is 1. The van der Waals surface area contributed by atoms with Crippen molar-refractivity contribution in [3.63, 3.8) is 0 Å². The van der Waals surface area contributed by atoms with Gasteiger partial charge in [0.1, 0.15) is 0 Å². The normalized spacial score (nSPS) is 10.7. The third-order valence-electron chi connectivity index (χ3n) is 4.30. The van der Waals surface area contributed by atoms with Gasteiger partial charge in [-0.25, -0.2) is 0 Å². The van der Waals surface area contributed by atoms with Crippen LogP contribution in [0.5, 0.6) is 0 Å². The summed E-state index contributed by atoms with van der Waals surface area (Å²) in [5.41, 5.74) is 8.29. The molecule has 2 aromatic carbocycles. The first-order valence-electron chi connectivity index (χ1n) is 9.29. The van der Waals surface area contributed by atoms with Gasteiger partial charge in [0.05, 0.1) is 18.9 Å². The molecule has 8 nitrogen and oxygen atoms in total. The Bertz CT molecular complexity index is 1030. The molecule has 3 aromatic rings. The van der Waals surface area contributed by atoms with E-state index in [9.17, 15) is 9.59 Å². The maximum absolute atomic E-state index is 12.3. The van der Waals surface area contributed by atoms with E-state index in [0.717, 1.165) is 17.0 Å². The van der Waals surface area contributed by atoms with Crippen LogP contribution >= 0.6 is 11.8 Å². The number of nitrogens with zero attached hydrogens (tertiary/aromatic N) is 3. The highest BCUT2D eigenvalue weighted by Gasteiger charge is 2.16. The van der Waals surface area contributed by atoms with E-state index in [1.54, 1.807) is 31.4 Å². The molecule has 0 aliphatic rings. The van der Waals surface area contributed by atoms with E-state index in [4.69, 9.17) is 10.5 Å².